The number of likely N-dealkylation sites (N-methyl/N-ethyl adjacent to an activating group) is 1. The lowest BCUT2D eigenvalue weighted by Gasteiger charge is -2.31. The molecule has 2 fully saturated rings. The van der Waals surface area contributed by atoms with Crippen LogP contribution in [0.2, 0.25) is 0 Å². The highest BCUT2D eigenvalue weighted by atomic mass is 32.1. The van der Waals surface area contributed by atoms with Crippen molar-refractivity contribution in [3.8, 4) is 5.75 Å². The van der Waals surface area contributed by atoms with Crippen molar-refractivity contribution >= 4 is 22.2 Å². The zero-order valence-electron chi connectivity index (χ0n) is 21.4. The first-order chi connectivity index (χ1) is 17.7. The number of methoxy groups -OCH3 is 1. The Kier molecular flexibility index (Phi) is 8.38. The van der Waals surface area contributed by atoms with Crippen LogP contribution in [0.4, 0.5) is 10.8 Å². The van der Waals surface area contributed by atoms with Gasteiger partial charge in [0.15, 0.2) is 5.13 Å². The Balaban J connectivity index is 1.31. The Hall–Kier alpha value is -2.65. The molecule has 7 nitrogen and oxygen atoms in total. The summed E-state index contributed by atoms with van der Waals surface area (Å²) in [4.78, 5) is 14.8. The van der Waals surface area contributed by atoms with Crippen molar-refractivity contribution in [2.75, 3.05) is 76.4 Å². The van der Waals surface area contributed by atoms with Crippen molar-refractivity contribution in [3.05, 3.63) is 70.7 Å². The Morgan fingerprint density at radius 2 is 1.69 bits per heavy atom. The smallest absolute Gasteiger partial charge is 0.186 e. The monoisotopic (exact) mass is 507 g/mol. The van der Waals surface area contributed by atoms with E-state index in [1.165, 1.54) is 16.8 Å². The van der Waals surface area contributed by atoms with E-state index in [-0.39, 0.29) is 0 Å². The average molecular weight is 508 g/mol. The highest BCUT2D eigenvalue weighted by molar-refractivity contribution is 7.13. The zero-order valence-corrected chi connectivity index (χ0v) is 22.3. The van der Waals surface area contributed by atoms with Crippen LogP contribution in [0.1, 0.15) is 16.8 Å². The van der Waals surface area contributed by atoms with Gasteiger partial charge >= 0.3 is 0 Å². The molecule has 0 aliphatic carbocycles. The fourth-order valence-electron chi connectivity index (χ4n) is 4.79. The minimum atomic E-state index is 0.782. The van der Waals surface area contributed by atoms with Crippen LogP contribution in [0.15, 0.2) is 53.9 Å². The van der Waals surface area contributed by atoms with Gasteiger partial charge in [0, 0.05) is 70.0 Å². The molecular formula is C28H37N5O2S. The average Bonchev–Trinajstić information content (AvgIpc) is 3.39. The van der Waals surface area contributed by atoms with E-state index in [1.807, 2.05) is 6.07 Å². The van der Waals surface area contributed by atoms with Gasteiger partial charge in [0.05, 0.1) is 26.0 Å². The summed E-state index contributed by atoms with van der Waals surface area (Å²) in [7, 11) is 3.92. The van der Waals surface area contributed by atoms with Gasteiger partial charge in [-0.2, -0.15) is 0 Å². The molecule has 0 N–H and O–H groups in total. The SMILES string of the molecule is COc1cccc(CN(Cc2ccc(N3CCOCC3)cc2)c2nc(CN3CCN(C)CC3)cs2)c1. The Bertz CT molecular complexity index is 1090. The maximum atomic E-state index is 5.51. The topological polar surface area (TPSA) is 44.3 Å². The fourth-order valence-corrected chi connectivity index (χ4v) is 5.60. The maximum absolute atomic E-state index is 5.51. The molecule has 0 unspecified atom stereocenters. The van der Waals surface area contributed by atoms with Crippen LogP contribution in [0.3, 0.4) is 0 Å². The normalized spacial score (nSPS) is 17.3. The molecule has 2 saturated heterocycles. The van der Waals surface area contributed by atoms with E-state index in [4.69, 9.17) is 14.5 Å². The van der Waals surface area contributed by atoms with E-state index >= 15 is 0 Å². The number of piperazine rings is 1. The molecule has 0 radical (unpaired) electrons. The lowest BCUT2D eigenvalue weighted by Crippen LogP contribution is -2.43. The maximum Gasteiger partial charge on any atom is 0.186 e. The molecule has 2 aromatic carbocycles. The second-order valence-corrected chi connectivity index (χ2v) is 10.5. The summed E-state index contributed by atoms with van der Waals surface area (Å²) in [6, 6.07) is 17.3. The molecule has 0 saturated carbocycles. The summed E-state index contributed by atoms with van der Waals surface area (Å²) in [6.07, 6.45) is 0. The molecule has 5 rings (SSSR count). The first-order valence-corrected chi connectivity index (χ1v) is 13.7. The van der Waals surface area contributed by atoms with Crippen LogP contribution in [-0.4, -0.2) is 81.4 Å². The first kappa shape index (κ1) is 25.0. The van der Waals surface area contributed by atoms with Gasteiger partial charge in [-0.1, -0.05) is 24.3 Å². The van der Waals surface area contributed by atoms with Crippen molar-refractivity contribution in [3.63, 3.8) is 0 Å². The van der Waals surface area contributed by atoms with Crippen molar-refractivity contribution < 1.29 is 9.47 Å². The van der Waals surface area contributed by atoms with Crippen LogP contribution in [0.5, 0.6) is 5.75 Å². The third-order valence-corrected chi connectivity index (χ3v) is 7.94. The van der Waals surface area contributed by atoms with Crippen LogP contribution in [0.25, 0.3) is 0 Å². The van der Waals surface area contributed by atoms with E-state index in [2.05, 4.69) is 74.5 Å². The van der Waals surface area contributed by atoms with Crippen LogP contribution < -0.4 is 14.5 Å². The largest absolute Gasteiger partial charge is 0.497 e. The quantitative estimate of drug-likeness (QED) is 0.435. The second kappa shape index (κ2) is 12.1. The summed E-state index contributed by atoms with van der Waals surface area (Å²) in [5, 5.41) is 3.30. The number of benzene rings is 2. The van der Waals surface area contributed by atoms with E-state index in [0.717, 1.165) is 88.7 Å². The third kappa shape index (κ3) is 6.56. The third-order valence-electron chi connectivity index (χ3n) is 6.99. The minimum absolute atomic E-state index is 0.782. The molecule has 1 aromatic heterocycles. The van der Waals surface area contributed by atoms with Gasteiger partial charge < -0.3 is 24.2 Å². The van der Waals surface area contributed by atoms with E-state index in [9.17, 15) is 0 Å². The minimum Gasteiger partial charge on any atom is -0.497 e. The summed E-state index contributed by atoms with van der Waals surface area (Å²) >= 11 is 1.75. The summed E-state index contributed by atoms with van der Waals surface area (Å²) < 4.78 is 11.0. The summed E-state index contributed by atoms with van der Waals surface area (Å²) in [5.41, 5.74) is 4.93. The van der Waals surface area contributed by atoms with Gasteiger partial charge in [-0.15, -0.1) is 11.3 Å². The van der Waals surface area contributed by atoms with E-state index in [0.29, 0.717) is 0 Å². The van der Waals surface area contributed by atoms with Gasteiger partial charge in [-0.05, 0) is 42.4 Å². The molecule has 0 bridgehead atoms. The molecule has 36 heavy (non-hydrogen) atoms. The van der Waals surface area contributed by atoms with Gasteiger partial charge in [0.1, 0.15) is 5.75 Å². The highest BCUT2D eigenvalue weighted by Crippen LogP contribution is 2.27. The number of rotatable bonds is 9. The molecule has 2 aliphatic rings. The predicted molar refractivity (Wildman–Crippen MR) is 147 cm³/mol. The number of nitrogens with zero attached hydrogens (tertiary/aromatic N) is 5. The Labute approximate surface area is 218 Å². The standard InChI is InChI=1S/C28H37N5O2S/c1-30-10-12-31(13-11-30)21-25-22-36-28(29-25)33(20-24-4-3-5-27(18-24)34-2)19-23-6-8-26(9-7-23)32-14-16-35-17-15-32/h3-9,18,22H,10-17,19-21H2,1-2H3. The lowest BCUT2D eigenvalue weighted by atomic mass is 10.1. The van der Waals surface area contributed by atoms with Crippen LogP contribution >= 0.6 is 11.3 Å². The van der Waals surface area contributed by atoms with Crippen molar-refractivity contribution in [1.82, 2.24) is 14.8 Å². The Morgan fingerprint density at radius 1 is 0.944 bits per heavy atom. The highest BCUT2D eigenvalue weighted by Gasteiger charge is 2.18. The van der Waals surface area contributed by atoms with E-state index in [1.54, 1.807) is 18.4 Å². The lowest BCUT2D eigenvalue weighted by molar-refractivity contribution is 0.122. The number of hydrogen-bond acceptors (Lipinski definition) is 8. The number of morpholine rings is 1. The number of ether oxygens (including phenoxy) is 2. The van der Waals surface area contributed by atoms with E-state index < -0.39 is 0 Å². The number of hydrogen-bond donors (Lipinski definition) is 0. The molecule has 0 spiro atoms. The first-order valence-electron chi connectivity index (χ1n) is 12.8. The number of thiazole rings is 1. The zero-order chi connectivity index (χ0) is 24.7. The van der Waals surface area contributed by atoms with Gasteiger partial charge in [-0.3, -0.25) is 4.90 Å². The molecule has 0 atom stereocenters. The van der Waals surface area contributed by atoms with Gasteiger partial charge in [0.2, 0.25) is 0 Å². The number of aromatic nitrogens is 1. The predicted octanol–water partition coefficient (Wildman–Crippen LogP) is 3.94. The molecule has 3 heterocycles. The second-order valence-electron chi connectivity index (χ2n) is 9.67. The fraction of sp³-hybridized carbons (Fsp3) is 0.464. The van der Waals surface area contributed by atoms with Gasteiger partial charge in [-0.25, -0.2) is 4.98 Å². The molecule has 192 valence electrons. The molecule has 2 aliphatic heterocycles. The molecule has 8 heteroatoms. The summed E-state index contributed by atoms with van der Waals surface area (Å²) in [5.74, 6) is 0.886. The Morgan fingerprint density at radius 3 is 2.44 bits per heavy atom. The molecular weight excluding hydrogens is 470 g/mol. The van der Waals surface area contributed by atoms with Gasteiger partial charge in [0.25, 0.3) is 0 Å². The van der Waals surface area contributed by atoms with Crippen LogP contribution in [0, 0.1) is 0 Å². The van der Waals surface area contributed by atoms with Crippen molar-refractivity contribution in [2.24, 2.45) is 0 Å². The number of anilines is 2. The molecule has 0 amide bonds. The molecule has 3 aromatic rings. The summed E-state index contributed by atoms with van der Waals surface area (Å²) in [6.45, 7) is 10.5. The van der Waals surface area contributed by atoms with Crippen molar-refractivity contribution in [1.29, 1.82) is 0 Å². The van der Waals surface area contributed by atoms with Crippen LogP contribution in [-0.2, 0) is 24.4 Å². The van der Waals surface area contributed by atoms with Crippen molar-refractivity contribution in [2.45, 2.75) is 19.6 Å².